The van der Waals surface area contributed by atoms with Crippen molar-refractivity contribution in [1.82, 2.24) is 9.88 Å². The van der Waals surface area contributed by atoms with E-state index in [4.69, 9.17) is 4.74 Å². The van der Waals surface area contributed by atoms with Crippen molar-refractivity contribution in [3.8, 4) is 0 Å². The summed E-state index contributed by atoms with van der Waals surface area (Å²) in [6.07, 6.45) is 1.20. The highest BCUT2D eigenvalue weighted by Gasteiger charge is 2.31. The average molecular weight is 513 g/mol. The molecule has 10 nitrogen and oxygen atoms in total. The summed E-state index contributed by atoms with van der Waals surface area (Å²) in [4.78, 5) is 19.9. The Morgan fingerprint density at radius 1 is 1.07 bits per heavy atom. The van der Waals surface area contributed by atoms with Crippen molar-refractivity contribution >= 4 is 53.7 Å². The molecule has 0 unspecified atom stereocenters. The Morgan fingerprint density at radius 3 is 2.03 bits per heavy atom. The van der Waals surface area contributed by atoms with Crippen molar-refractivity contribution in [1.29, 1.82) is 0 Å². The summed E-state index contributed by atoms with van der Waals surface area (Å²) >= 11 is 3.28. The quantitative estimate of drug-likeness (QED) is 0.597. The van der Waals surface area contributed by atoms with Gasteiger partial charge in [-0.1, -0.05) is 15.9 Å². The molecule has 29 heavy (non-hydrogen) atoms. The summed E-state index contributed by atoms with van der Waals surface area (Å²) in [6.45, 7) is 7.02. The number of anilines is 2. The number of amides is 1. The van der Waals surface area contributed by atoms with Crippen molar-refractivity contribution < 1.29 is 26.4 Å². The lowest BCUT2D eigenvalue weighted by molar-refractivity contribution is 0.0240. The molecular formula is C16H25BrN4O6S2. The molecule has 1 aliphatic heterocycles. The Hall–Kier alpha value is -1.60. The Kier molecular flexibility index (Phi) is 6.75. The first-order chi connectivity index (χ1) is 13.1. The molecule has 2 rings (SSSR count). The molecule has 0 radical (unpaired) electrons. The van der Waals surface area contributed by atoms with Gasteiger partial charge in [0.25, 0.3) is 0 Å². The van der Waals surface area contributed by atoms with Crippen LogP contribution in [-0.2, 0) is 24.8 Å². The van der Waals surface area contributed by atoms with Gasteiger partial charge in [-0.05, 0) is 32.9 Å². The summed E-state index contributed by atoms with van der Waals surface area (Å²) in [5, 5.41) is 0. The van der Waals surface area contributed by atoms with Gasteiger partial charge in [-0.2, -0.15) is 0 Å². The fourth-order valence-corrected chi connectivity index (χ4v) is 6.00. The van der Waals surface area contributed by atoms with Gasteiger partial charge in [-0.3, -0.25) is 0 Å². The summed E-state index contributed by atoms with van der Waals surface area (Å²) < 4.78 is 54.3. The van der Waals surface area contributed by atoms with Crippen molar-refractivity contribution in [3.05, 3.63) is 16.6 Å². The first-order valence-corrected chi connectivity index (χ1v) is 13.2. The molecule has 0 aliphatic carbocycles. The van der Waals surface area contributed by atoms with Gasteiger partial charge < -0.3 is 14.5 Å². The van der Waals surface area contributed by atoms with Crippen molar-refractivity contribution in [2.24, 2.45) is 0 Å². The second kappa shape index (κ2) is 8.26. The zero-order valence-electron chi connectivity index (χ0n) is 16.9. The highest BCUT2D eigenvalue weighted by atomic mass is 79.9. The number of hydrogen-bond donors (Lipinski definition) is 0. The molecule has 2 heterocycles. The molecule has 0 N–H and O–H groups in total. The molecule has 0 aromatic carbocycles. The minimum Gasteiger partial charge on any atom is -0.444 e. The average Bonchev–Trinajstić information content (AvgIpc) is 2.50. The van der Waals surface area contributed by atoms with Crippen LogP contribution in [-0.4, -0.2) is 77.1 Å². The minimum absolute atomic E-state index is 0.228. The van der Waals surface area contributed by atoms with E-state index in [1.54, 1.807) is 31.7 Å². The van der Waals surface area contributed by atoms with Gasteiger partial charge >= 0.3 is 6.09 Å². The van der Waals surface area contributed by atoms with Gasteiger partial charge in [0, 0.05) is 30.7 Å². The number of carbonyl (C=O) groups excluding carboxylic acids is 1. The molecule has 164 valence electrons. The van der Waals surface area contributed by atoms with Gasteiger partial charge in [-0.15, -0.1) is 3.71 Å². The molecule has 1 saturated heterocycles. The number of pyridine rings is 1. The van der Waals surface area contributed by atoms with Crippen LogP contribution in [0.15, 0.2) is 16.6 Å². The smallest absolute Gasteiger partial charge is 0.410 e. The third kappa shape index (κ3) is 6.44. The SMILES string of the molecule is CC(C)(C)OC(=O)N1CCN(c2cc(Br)cc(N(S(C)(=O)=O)S(C)(=O)=O)n2)CC1. The molecule has 1 aromatic rings. The molecule has 0 bridgehead atoms. The predicted octanol–water partition coefficient (Wildman–Crippen LogP) is 1.63. The Morgan fingerprint density at radius 2 is 1.59 bits per heavy atom. The second-order valence-corrected chi connectivity index (χ2v) is 12.5. The Bertz CT molecular complexity index is 951. The molecule has 0 spiro atoms. The van der Waals surface area contributed by atoms with E-state index >= 15 is 0 Å². The van der Waals surface area contributed by atoms with Crippen molar-refractivity contribution in [3.63, 3.8) is 0 Å². The fourth-order valence-electron chi connectivity index (χ4n) is 2.76. The van der Waals surface area contributed by atoms with Crippen LogP contribution in [0.5, 0.6) is 0 Å². The van der Waals surface area contributed by atoms with E-state index in [9.17, 15) is 21.6 Å². The van der Waals surface area contributed by atoms with Gasteiger partial charge in [0.05, 0.1) is 12.5 Å². The van der Waals surface area contributed by atoms with Crippen LogP contribution in [0, 0.1) is 0 Å². The zero-order chi connectivity index (χ0) is 22.2. The molecule has 0 atom stereocenters. The lowest BCUT2D eigenvalue weighted by Crippen LogP contribution is -2.50. The Labute approximate surface area is 180 Å². The van der Waals surface area contributed by atoms with E-state index in [0.717, 1.165) is 12.5 Å². The number of sulfonamides is 2. The highest BCUT2D eigenvalue weighted by Crippen LogP contribution is 2.28. The number of rotatable bonds is 4. The fraction of sp³-hybridized carbons (Fsp3) is 0.625. The summed E-state index contributed by atoms with van der Waals surface area (Å²) in [5.41, 5.74) is -0.588. The van der Waals surface area contributed by atoms with E-state index in [1.807, 2.05) is 4.90 Å². The van der Waals surface area contributed by atoms with E-state index in [-0.39, 0.29) is 5.82 Å². The predicted molar refractivity (Wildman–Crippen MR) is 114 cm³/mol. The molecular weight excluding hydrogens is 488 g/mol. The van der Waals surface area contributed by atoms with Crippen LogP contribution >= 0.6 is 15.9 Å². The first kappa shape index (κ1) is 23.7. The highest BCUT2D eigenvalue weighted by molar-refractivity contribution is 9.10. The molecule has 1 fully saturated rings. The zero-order valence-corrected chi connectivity index (χ0v) is 20.1. The second-order valence-electron chi connectivity index (χ2n) is 7.68. The summed E-state index contributed by atoms with van der Waals surface area (Å²) in [6, 6.07) is 2.98. The standard InChI is InChI=1S/C16H25BrN4O6S2/c1-16(2,3)27-15(22)20-8-6-19(7-9-20)13-10-12(17)11-14(18-13)21(28(4,23)24)29(5,25)26/h10-11H,6-9H2,1-5H3. The third-order valence-electron chi connectivity index (χ3n) is 3.81. The number of nitrogens with zero attached hydrogens (tertiary/aromatic N) is 4. The molecule has 13 heteroatoms. The maximum Gasteiger partial charge on any atom is 0.410 e. The number of aromatic nitrogens is 1. The first-order valence-electron chi connectivity index (χ1n) is 8.69. The van der Waals surface area contributed by atoms with Crippen molar-refractivity contribution in [2.75, 3.05) is 47.3 Å². The normalized spacial score (nSPS) is 15.9. The van der Waals surface area contributed by atoms with Crippen LogP contribution in [0.2, 0.25) is 0 Å². The van der Waals surface area contributed by atoms with Crippen LogP contribution in [0.1, 0.15) is 20.8 Å². The van der Waals surface area contributed by atoms with E-state index in [1.165, 1.54) is 6.07 Å². The van der Waals surface area contributed by atoms with E-state index < -0.39 is 31.7 Å². The van der Waals surface area contributed by atoms with Gasteiger partial charge in [0.15, 0.2) is 5.82 Å². The molecule has 1 amide bonds. The number of halogens is 1. The lowest BCUT2D eigenvalue weighted by atomic mass is 10.2. The lowest BCUT2D eigenvalue weighted by Gasteiger charge is -2.36. The Balaban J connectivity index is 2.25. The largest absolute Gasteiger partial charge is 0.444 e. The van der Waals surface area contributed by atoms with E-state index in [2.05, 4.69) is 20.9 Å². The van der Waals surface area contributed by atoms with E-state index in [0.29, 0.717) is 40.2 Å². The number of carbonyl (C=O) groups is 1. The van der Waals surface area contributed by atoms with Crippen LogP contribution in [0.3, 0.4) is 0 Å². The molecule has 0 saturated carbocycles. The van der Waals surface area contributed by atoms with Gasteiger partial charge in [-0.25, -0.2) is 26.6 Å². The van der Waals surface area contributed by atoms with Gasteiger partial charge in [0.2, 0.25) is 20.0 Å². The van der Waals surface area contributed by atoms with Crippen LogP contribution in [0.25, 0.3) is 0 Å². The van der Waals surface area contributed by atoms with Gasteiger partial charge in [0.1, 0.15) is 11.4 Å². The monoisotopic (exact) mass is 512 g/mol. The topological polar surface area (TPSA) is 117 Å². The maximum atomic E-state index is 12.2. The number of piperazine rings is 1. The maximum absolute atomic E-state index is 12.2. The van der Waals surface area contributed by atoms with Crippen LogP contribution in [0.4, 0.5) is 16.4 Å². The summed E-state index contributed by atoms with van der Waals surface area (Å²) in [7, 11) is -8.21. The van der Waals surface area contributed by atoms with Crippen molar-refractivity contribution in [2.45, 2.75) is 26.4 Å². The van der Waals surface area contributed by atoms with Crippen LogP contribution < -0.4 is 8.61 Å². The third-order valence-corrected chi connectivity index (χ3v) is 7.47. The minimum atomic E-state index is -4.10. The number of ether oxygens (including phenoxy) is 1. The summed E-state index contributed by atoms with van der Waals surface area (Å²) in [5.74, 6) is 0.171. The molecule has 1 aliphatic rings. The molecule has 1 aromatic heterocycles. The number of hydrogen-bond acceptors (Lipinski definition) is 8.